The molecule has 0 unspecified atom stereocenters. The summed E-state index contributed by atoms with van der Waals surface area (Å²) in [6.45, 7) is -0.123. The first-order chi connectivity index (χ1) is 9.04. The Morgan fingerprint density at radius 2 is 2.05 bits per heavy atom. The first-order valence-corrected chi connectivity index (χ1v) is 5.38. The molecule has 1 aromatic carbocycles. The summed E-state index contributed by atoms with van der Waals surface area (Å²) < 4.78 is 19.1. The summed E-state index contributed by atoms with van der Waals surface area (Å²) >= 11 is 0. The van der Waals surface area contributed by atoms with Crippen molar-refractivity contribution in [2.45, 2.75) is 6.54 Å². The topological polar surface area (TPSA) is 84.3 Å². The van der Waals surface area contributed by atoms with E-state index in [1.807, 2.05) is 0 Å². The van der Waals surface area contributed by atoms with Gasteiger partial charge in [0.1, 0.15) is 5.75 Å². The van der Waals surface area contributed by atoms with Crippen LogP contribution in [0.4, 0.5) is 4.39 Å². The maximum atomic E-state index is 13.3. The molecular weight excluding hydrogens is 255 g/mol. The molecule has 7 heteroatoms. The van der Waals surface area contributed by atoms with Crippen molar-refractivity contribution in [1.29, 1.82) is 0 Å². The van der Waals surface area contributed by atoms with Crippen LogP contribution in [0.3, 0.4) is 0 Å². The normalized spacial score (nSPS) is 10.4. The number of methoxy groups -OCH3 is 1. The number of aromatic amines is 1. The van der Waals surface area contributed by atoms with E-state index in [0.717, 1.165) is 0 Å². The second-order valence-electron chi connectivity index (χ2n) is 3.79. The van der Waals surface area contributed by atoms with E-state index in [9.17, 15) is 19.1 Å². The lowest BCUT2D eigenvalue weighted by Crippen LogP contribution is -2.32. The van der Waals surface area contributed by atoms with Crippen LogP contribution in [-0.4, -0.2) is 21.8 Å². The number of hydrogen-bond donors (Lipinski definition) is 2. The number of aromatic hydroxyl groups is 1. The fraction of sp³-hybridized carbons (Fsp3) is 0.167. The van der Waals surface area contributed by atoms with Crippen molar-refractivity contribution in [1.82, 2.24) is 9.55 Å². The van der Waals surface area contributed by atoms with Gasteiger partial charge in [0.25, 0.3) is 5.56 Å². The van der Waals surface area contributed by atoms with Gasteiger partial charge < -0.3 is 9.84 Å². The van der Waals surface area contributed by atoms with Crippen molar-refractivity contribution in [3.63, 3.8) is 0 Å². The first kappa shape index (κ1) is 12.9. The van der Waals surface area contributed by atoms with Gasteiger partial charge in [-0.15, -0.1) is 0 Å². The van der Waals surface area contributed by atoms with E-state index in [4.69, 9.17) is 4.74 Å². The van der Waals surface area contributed by atoms with E-state index in [1.54, 1.807) is 29.2 Å². The van der Waals surface area contributed by atoms with Crippen molar-refractivity contribution in [3.05, 3.63) is 56.5 Å². The molecule has 2 aromatic rings. The minimum atomic E-state index is -1.39. The van der Waals surface area contributed by atoms with Crippen LogP contribution >= 0.6 is 0 Å². The highest BCUT2D eigenvalue weighted by molar-refractivity contribution is 5.33. The number of benzene rings is 1. The number of halogens is 1. The Hall–Kier alpha value is -2.57. The highest BCUT2D eigenvalue weighted by Crippen LogP contribution is 2.19. The highest BCUT2D eigenvalue weighted by atomic mass is 19.1. The zero-order valence-corrected chi connectivity index (χ0v) is 10.0. The number of rotatable bonds is 3. The lowest BCUT2D eigenvalue weighted by Gasteiger charge is -2.11. The van der Waals surface area contributed by atoms with E-state index in [0.29, 0.717) is 15.9 Å². The van der Waals surface area contributed by atoms with Gasteiger partial charge in [-0.2, -0.15) is 4.39 Å². The first-order valence-electron chi connectivity index (χ1n) is 5.38. The number of H-pyrrole nitrogens is 1. The van der Waals surface area contributed by atoms with Crippen LogP contribution in [0.5, 0.6) is 11.6 Å². The predicted molar refractivity (Wildman–Crippen MR) is 65.0 cm³/mol. The second-order valence-corrected chi connectivity index (χ2v) is 3.79. The third kappa shape index (κ3) is 2.35. The molecule has 1 heterocycles. The van der Waals surface area contributed by atoms with Crippen LogP contribution in [0.25, 0.3) is 0 Å². The molecule has 2 rings (SSSR count). The molecule has 0 aliphatic carbocycles. The highest BCUT2D eigenvalue weighted by Gasteiger charge is 2.15. The standard InChI is InChI=1S/C12H11FN2O4/c1-19-8-5-3-2-4-7(8)6-15-11(17)9(13)10(16)14-12(15)18/h2-5,17H,6H2,1H3,(H,14,16,18). The maximum absolute atomic E-state index is 13.3. The fourth-order valence-corrected chi connectivity index (χ4v) is 1.69. The Kier molecular flexibility index (Phi) is 3.37. The molecule has 0 saturated heterocycles. The summed E-state index contributed by atoms with van der Waals surface area (Å²) in [6.07, 6.45) is 0. The number of ether oxygens (including phenoxy) is 1. The van der Waals surface area contributed by atoms with E-state index >= 15 is 0 Å². The van der Waals surface area contributed by atoms with Crippen molar-refractivity contribution < 1.29 is 14.2 Å². The zero-order valence-electron chi connectivity index (χ0n) is 10.0. The van der Waals surface area contributed by atoms with Gasteiger partial charge in [-0.05, 0) is 6.07 Å². The summed E-state index contributed by atoms with van der Waals surface area (Å²) in [4.78, 5) is 24.3. The molecule has 2 N–H and O–H groups in total. The molecule has 0 bridgehead atoms. The Morgan fingerprint density at radius 3 is 2.74 bits per heavy atom. The van der Waals surface area contributed by atoms with Gasteiger partial charge in [-0.25, -0.2) is 4.79 Å². The molecule has 0 atom stereocenters. The SMILES string of the molecule is COc1ccccc1Cn1c(O)c(F)c(=O)[nH]c1=O. The molecule has 0 fully saturated rings. The van der Waals surface area contributed by atoms with Gasteiger partial charge in [-0.3, -0.25) is 14.3 Å². The van der Waals surface area contributed by atoms with Gasteiger partial charge in [0.2, 0.25) is 11.7 Å². The average Bonchev–Trinajstić information content (AvgIpc) is 2.41. The molecule has 0 amide bonds. The molecule has 6 nitrogen and oxygen atoms in total. The summed E-state index contributed by atoms with van der Waals surface area (Å²) in [5.41, 5.74) is -1.58. The largest absolute Gasteiger partial charge is 0.496 e. The summed E-state index contributed by atoms with van der Waals surface area (Å²) in [6, 6.07) is 6.77. The molecule has 1 aromatic heterocycles. The zero-order chi connectivity index (χ0) is 14.0. The van der Waals surface area contributed by atoms with E-state index in [2.05, 4.69) is 0 Å². The minimum absolute atomic E-state index is 0.123. The summed E-state index contributed by atoms with van der Waals surface area (Å²) in [7, 11) is 1.45. The fourth-order valence-electron chi connectivity index (χ4n) is 1.69. The quantitative estimate of drug-likeness (QED) is 0.844. The lowest BCUT2D eigenvalue weighted by atomic mass is 10.2. The van der Waals surface area contributed by atoms with Crippen molar-refractivity contribution in [2.24, 2.45) is 0 Å². The van der Waals surface area contributed by atoms with E-state index in [1.165, 1.54) is 7.11 Å². The van der Waals surface area contributed by atoms with Gasteiger partial charge in [0.15, 0.2) is 0 Å². The van der Waals surface area contributed by atoms with Crippen LogP contribution < -0.4 is 16.0 Å². The summed E-state index contributed by atoms with van der Waals surface area (Å²) in [5, 5.41) is 9.51. The number of nitrogens with zero attached hydrogens (tertiary/aromatic N) is 1. The van der Waals surface area contributed by atoms with Crippen LogP contribution in [-0.2, 0) is 6.54 Å². The van der Waals surface area contributed by atoms with Crippen LogP contribution in [0.15, 0.2) is 33.9 Å². The molecule has 0 radical (unpaired) electrons. The molecular formula is C12H11FN2O4. The number of aromatic nitrogens is 2. The monoisotopic (exact) mass is 266 g/mol. The van der Waals surface area contributed by atoms with Crippen molar-refractivity contribution in [3.8, 4) is 11.6 Å². The number of para-hydroxylation sites is 1. The Morgan fingerprint density at radius 1 is 1.37 bits per heavy atom. The Labute approximate surface area is 106 Å². The van der Waals surface area contributed by atoms with Crippen LogP contribution in [0.1, 0.15) is 5.56 Å². The third-order valence-corrected chi connectivity index (χ3v) is 2.64. The Balaban J connectivity index is 2.53. The van der Waals surface area contributed by atoms with Gasteiger partial charge in [-0.1, -0.05) is 18.2 Å². The van der Waals surface area contributed by atoms with Gasteiger partial charge >= 0.3 is 5.69 Å². The van der Waals surface area contributed by atoms with Gasteiger partial charge in [0.05, 0.1) is 13.7 Å². The lowest BCUT2D eigenvalue weighted by molar-refractivity contribution is 0.363. The average molecular weight is 266 g/mol. The van der Waals surface area contributed by atoms with E-state index in [-0.39, 0.29) is 6.54 Å². The van der Waals surface area contributed by atoms with E-state index < -0.39 is 22.9 Å². The van der Waals surface area contributed by atoms with Crippen LogP contribution in [0, 0.1) is 5.82 Å². The molecule has 0 aliphatic rings. The van der Waals surface area contributed by atoms with Crippen LogP contribution in [0.2, 0.25) is 0 Å². The summed E-state index contributed by atoms with van der Waals surface area (Å²) in [5.74, 6) is -1.91. The number of nitrogens with one attached hydrogen (secondary N) is 1. The van der Waals surface area contributed by atoms with Crippen molar-refractivity contribution >= 4 is 0 Å². The molecule has 0 aliphatic heterocycles. The molecule has 100 valence electrons. The van der Waals surface area contributed by atoms with Gasteiger partial charge in [0, 0.05) is 5.56 Å². The maximum Gasteiger partial charge on any atom is 0.331 e. The second kappa shape index (κ2) is 4.97. The molecule has 0 saturated carbocycles. The smallest absolute Gasteiger partial charge is 0.331 e. The number of hydrogen-bond acceptors (Lipinski definition) is 4. The predicted octanol–water partition coefficient (Wildman–Crippen LogP) is 0.438. The molecule has 0 spiro atoms. The van der Waals surface area contributed by atoms with Crippen molar-refractivity contribution in [2.75, 3.05) is 7.11 Å². The third-order valence-electron chi connectivity index (χ3n) is 2.64. The molecule has 19 heavy (non-hydrogen) atoms. The minimum Gasteiger partial charge on any atom is -0.496 e. The Bertz CT molecular complexity index is 720.